The molecule has 0 spiro atoms. The molecule has 3 aromatic rings. The number of rotatable bonds is 7. The maximum Gasteiger partial charge on any atom is 0.278 e. The van der Waals surface area contributed by atoms with Gasteiger partial charge in [-0.3, -0.25) is 14.5 Å². The van der Waals surface area contributed by atoms with Crippen molar-refractivity contribution in [3.63, 3.8) is 0 Å². The number of amides is 2. The molecule has 2 amide bonds. The number of hydrogen-bond acceptors (Lipinski definition) is 4. The minimum Gasteiger partial charge on any atom is -0.494 e. The van der Waals surface area contributed by atoms with E-state index in [1.54, 1.807) is 12.1 Å². The van der Waals surface area contributed by atoms with Crippen LogP contribution in [-0.2, 0) is 16.1 Å². The van der Waals surface area contributed by atoms with Crippen molar-refractivity contribution in [2.24, 2.45) is 0 Å². The van der Waals surface area contributed by atoms with Crippen LogP contribution < -0.4 is 10.1 Å². The Balaban J connectivity index is 1.71. The number of hydrogen-bond donors (Lipinski definition) is 1. The molecule has 6 heteroatoms. The first-order valence-electron chi connectivity index (χ1n) is 10.4. The molecule has 5 nitrogen and oxygen atoms in total. The Morgan fingerprint density at radius 3 is 2.34 bits per heavy atom. The molecule has 0 saturated heterocycles. The molecule has 1 aliphatic heterocycles. The van der Waals surface area contributed by atoms with Crippen LogP contribution in [0.4, 0.5) is 5.69 Å². The van der Waals surface area contributed by atoms with E-state index in [9.17, 15) is 9.59 Å². The second-order valence-corrected chi connectivity index (χ2v) is 7.96. The third-order valence-corrected chi connectivity index (χ3v) is 5.43. The summed E-state index contributed by atoms with van der Waals surface area (Å²) in [6, 6.07) is 22.0. The minimum absolute atomic E-state index is 0.161. The van der Waals surface area contributed by atoms with Crippen molar-refractivity contribution in [2.75, 3.05) is 11.9 Å². The summed E-state index contributed by atoms with van der Waals surface area (Å²) < 4.78 is 5.56. The lowest BCUT2D eigenvalue weighted by atomic mass is 10.0. The molecule has 0 fully saturated rings. The van der Waals surface area contributed by atoms with Gasteiger partial charge in [-0.1, -0.05) is 59.6 Å². The lowest BCUT2D eigenvalue weighted by Crippen LogP contribution is -2.32. The van der Waals surface area contributed by atoms with Gasteiger partial charge in [-0.2, -0.15) is 0 Å². The van der Waals surface area contributed by atoms with Gasteiger partial charge >= 0.3 is 0 Å². The van der Waals surface area contributed by atoms with E-state index >= 15 is 0 Å². The first-order valence-corrected chi connectivity index (χ1v) is 10.8. The molecule has 0 saturated carbocycles. The number of carbonyl (C=O) groups is 2. The van der Waals surface area contributed by atoms with Gasteiger partial charge in [-0.05, 0) is 49.2 Å². The third-order valence-electron chi connectivity index (χ3n) is 5.18. The van der Waals surface area contributed by atoms with Crippen LogP contribution in [0.1, 0.15) is 23.6 Å². The number of aryl methyl sites for hydroxylation is 1. The maximum atomic E-state index is 13.4. The third kappa shape index (κ3) is 4.53. The molecule has 32 heavy (non-hydrogen) atoms. The minimum atomic E-state index is -0.373. The average Bonchev–Trinajstić information content (AvgIpc) is 3.01. The number of ether oxygens (including phenoxy) is 1. The van der Waals surface area contributed by atoms with Gasteiger partial charge in [0, 0.05) is 16.8 Å². The van der Waals surface area contributed by atoms with Crippen LogP contribution in [0.15, 0.2) is 78.5 Å². The predicted molar refractivity (Wildman–Crippen MR) is 126 cm³/mol. The molecule has 0 aromatic heterocycles. The predicted octanol–water partition coefficient (Wildman–Crippen LogP) is 5.44. The van der Waals surface area contributed by atoms with E-state index in [1.165, 1.54) is 4.90 Å². The fraction of sp³-hybridized carbons (Fsp3) is 0.154. The van der Waals surface area contributed by atoms with Crippen LogP contribution >= 0.6 is 11.6 Å². The monoisotopic (exact) mass is 446 g/mol. The molecule has 0 bridgehead atoms. The fourth-order valence-electron chi connectivity index (χ4n) is 3.57. The number of carbonyl (C=O) groups excluding carboxylic acids is 2. The van der Waals surface area contributed by atoms with Crippen molar-refractivity contribution in [2.45, 2.75) is 20.4 Å². The van der Waals surface area contributed by atoms with E-state index in [0.717, 1.165) is 11.1 Å². The Morgan fingerprint density at radius 2 is 1.66 bits per heavy atom. The van der Waals surface area contributed by atoms with Crippen molar-refractivity contribution < 1.29 is 14.3 Å². The van der Waals surface area contributed by atoms with Crippen molar-refractivity contribution in [1.29, 1.82) is 0 Å². The number of nitrogens with zero attached hydrogens (tertiary/aromatic N) is 1. The fourth-order valence-corrected chi connectivity index (χ4v) is 3.70. The highest BCUT2D eigenvalue weighted by molar-refractivity contribution is 6.36. The SMILES string of the molecule is CCOc1cccc(NC2=C(c3ccc(C)cc3)C(=O)N(Cc3ccc(Cl)cc3)C2=O)c1. The molecular weight excluding hydrogens is 424 g/mol. The van der Waals surface area contributed by atoms with Gasteiger partial charge in [-0.15, -0.1) is 0 Å². The topological polar surface area (TPSA) is 58.6 Å². The first-order chi connectivity index (χ1) is 15.5. The van der Waals surface area contributed by atoms with Gasteiger partial charge in [0.2, 0.25) is 0 Å². The van der Waals surface area contributed by atoms with Crippen molar-refractivity contribution in [1.82, 2.24) is 4.90 Å². The second-order valence-electron chi connectivity index (χ2n) is 7.52. The normalized spacial score (nSPS) is 13.7. The molecule has 4 rings (SSSR count). The Labute approximate surface area is 192 Å². The summed E-state index contributed by atoms with van der Waals surface area (Å²) in [5, 5.41) is 3.77. The number of benzene rings is 3. The summed E-state index contributed by atoms with van der Waals surface area (Å²) >= 11 is 5.97. The highest BCUT2D eigenvalue weighted by Gasteiger charge is 2.39. The van der Waals surface area contributed by atoms with E-state index in [2.05, 4.69) is 5.32 Å². The summed E-state index contributed by atoms with van der Waals surface area (Å²) in [5.41, 5.74) is 3.86. The van der Waals surface area contributed by atoms with Crippen LogP contribution in [0.2, 0.25) is 5.02 Å². The maximum absolute atomic E-state index is 13.4. The molecular formula is C26H23ClN2O3. The molecule has 0 aliphatic carbocycles. The van der Waals surface area contributed by atoms with E-state index in [-0.39, 0.29) is 24.1 Å². The second kappa shape index (κ2) is 9.28. The summed E-state index contributed by atoms with van der Waals surface area (Å²) in [4.78, 5) is 28.0. The number of nitrogens with one attached hydrogen (secondary N) is 1. The zero-order valence-corrected chi connectivity index (χ0v) is 18.6. The van der Waals surface area contributed by atoms with Crippen LogP contribution in [0.3, 0.4) is 0 Å². The molecule has 0 atom stereocenters. The highest BCUT2D eigenvalue weighted by atomic mass is 35.5. The van der Waals surface area contributed by atoms with Crippen molar-refractivity contribution in [3.05, 3.63) is 100 Å². The van der Waals surface area contributed by atoms with Gasteiger partial charge in [-0.25, -0.2) is 0 Å². The Morgan fingerprint density at radius 1 is 0.938 bits per heavy atom. The highest BCUT2D eigenvalue weighted by Crippen LogP contribution is 2.32. The van der Waals surface area contributed by atoms with Crippen LogP contribution in [-0.4, -0.2) is 23.3 Å². The molecule has 3 aromatic carbocycles. The molecule has 1 N–H and O–H groups in total. The summed E-state index contributed by atoms with van der Waals surface area (Å²) in [7, 11) is 0. The number of imide groups is 1. The molecule has 0 unspecified atom stereocenters. The Kier molecular flexibility index (Phi) is 6.28. The van der Waals surface area contributed by atoms with E-state index in [0.29, 0.717) is 34.2 Å². The summed E-state index contributed by atoms with van der Waals surface area (Å²) in [6.07, 6.45) is 0. The molecule has 162 valence electrons. The van der Waals surface area contributed by atoms with E-state index in [4.69, 9.17) is 16.3 Å². The van der Waals surface area contributed by atoms with Gasteiger partial charge in [0.05, 0.1) is 18.7 Å². The van der Waals surface area contributed by atoms with Crippen molar-refractivity contribution in [3.8, 4) is 5.75 Å². The number of halogens is 1. The first kappa shape index (κ1) is 21.7. The number of anilines is 1. The average molecular weight is 447 g/mol. The largest absolute Gasteiger partial charge is 0.494 e. The van der Waals surface area contributed by atoms with Gasteiger partial charge in [0.25, 0.3) is 11.8 Å². The van der Waals surface area contributed by atoms with Gasteiger partial charge < -0.3 is 10.1 Å². The lowest BCUT2D eigenvalue weighted by Gasteiger charge is -2.15. The summed E-state index contributed by atoms with van der Waals surface area (Å²) in [5.74, 6) is -0.0237. The molecule has 1 aliphatic rings. The van der Waals surface area contributed by atoms with Gasteiger partial charge in [0.15, 0.2) is 0 Å². The smallest absolute Gasteiger partial charge is 0.278 e. The molecule has 0 radical (unpaired) electrons. The lowest BCUT2D eigenvalue weighted by molar-refractivity contribution is -0.137. The van der Waals surface area contributed by atoms with E-state index in [1.807, 2.05) is 74.5 Å². The van der Waals surface area contributed by atoms with Gasteiger partial charge in [0.1, 0.15) is 11.4 Å². The van der Waals surface area contributed by atoms with Crippen LogP contribution in [0.25, 0.3) is 5.57 Å². The quantitative estimate of drug-likeness (QED) is 0.491. The zero-order valence-electron chi connectivity index (χ0n) is 17.9. The zero-order chi connectivity index (χ0) is 22.7. The standard InChI is InChI=1S/C26H23ClN2O3/c1-3-32-22-6-4-5-21(15-22)28-24-23(19-11-7-17(2)8-12-19)25(30)29(26(24)31)16-18-9-13-20(27)14-10-18/h4-15,28H,3,16H2,1-2H3. The Bertz CT molecular complexity index is 1180. The van der Waals surface area contributed by atoms with Crippen LogP contribution in [0, 0.1) is 6.92 Å². The van der Waals surface area contributed by atoms with Crippen LogP contribution in [0.5, 0.6) is 5.75 Å². The Hall–Kier alpha value is -3.57. The molecule has 1 heterocycles. The summed E-state index contributed by atoms with van der Waals surface area (Å²) in [6.45, 7) is 4.58. The van der Waals surface area contributed by atoms with E-state index < -0.39 is 0 Å². The van der Waals surface area contributed by atoms with Crippen molar-refractivity contribution >= 4 is 34.7 Å².